The fourth-order valence-electron chi connectivity index (χ4n) is 2.46. The van der Waals surface area contributed by atoms with E-state index in [2.05, 4.69) is 0 Å². The zero-order valence-corrected chi connectivity index (χ0v) is 16.6. The quantitative estimate of drug-likeness (QED) is 0.399. The highest BCUT2D eigenvalue weighted by molar-refractivity contribution is 6.13. The van der Waals surface area contributed by atoms with Gasteiger partial charge in [-0.1, -0.05) is 0 Å². The minimum absolute atomic E-state index is 0.0342. The normalized spacial score (nSPS) is 10.0. The van der Waals surface area contributed by atoms with Gasteiger partial charge in [0.2, 0.25) is 5.78 Å². The monoisotopic (exact) mass is 414 g/mol. The number of carbonyl (C=O) groups is 5. The Balaban J connectivity index is 2.63. The Kier molecular flexibility index (Phi) is 7.03. The van der Waals surface area contributed by atoms with Crippen LogP contribution in [0.2, 0.25) is 0 Å². The van der Waals surface area contributed by atoms with Crippen LogP contribution in [0.4, 0.5) is 0 Å². The second-order valence-corrected chi connectivity index (χ2v) is 6.02. The number of ketones is 1. The van der Waals surface area contributed by atoms with Gasteiger partial charge in [-0.25, -0.2) is 0 Å². The van der Waals surface area contributed by atoms with Gasteiger partial charge in [-0.15, -0.1) is 0 Å². The summed E-state index contributed by atoms with van der Waals surface area (Å²) >= 11 is 0. The maximum atomic E-state index is 13.3. The Morgan fingerprint density at radius 3 is 1.17 bits per heavy atom. The lowest BCUT2D eigenvalue weighted by Crippen LogP contribution is -2.13. The van der Waals surface area contributed by atoms with E-state index in [1.165, 1.54) is 50.2 Å². The van der Waals surface area contributed by atoms with Crippen molar-refractivity contribution >= 4 is 29.7 Å². The standard InChI is InChI=1S/C21H18O9/c1-11(22)27-15-5-7-19(29-13(3)24)17(9-15)21(26)18-10-16(28-12(2)23)6-8-20(18)30-14(4)25/h5-10H,1-4H3. The molecule has 0 aliphatic rings. The van der Waals surface area contributed by atoms with Gasteiger partial charge in [0.25, 0.3) is 0 Å². The topological polar surface area (TPSA) is 122 Å². The van der Waals surface area contributed by atoms with E-state index in [1.807, 2.05) is 0 Å². The van der Waals surface area contributed by atoms with Crippen LogP contribution in [0.15, 0.2) is 36.4 Å². The van der Waals surface area contributed by atoms with Gasteiger partial charge >= 0.3 is 23.9 Å². The molecule has 156 valence electrons. The van der Waals surface area contributed by atoms with Crippen LogP contribution in [-0.4, -0.2) is 29.7 Å². The molecule has 30 heavy (non-hydrogen) atoms. The molecule has 2 aromatic carbocycles. The first kappa shape index (κ1) is 22.3. The summed E-state index contributed by atoms with van der Waals surface area (Å²) in [4.78, 5) is 58.6. The van der Waals surface area contributed by atoms with Crippen LogP contribution in [0.25, 0.3) is 0 Å². The highest BCUT2D eigenvalue weighted by atomic mass is 16.5. The largest absolute Gasteiger partial charge is 0.427 e. The highest BCUT2D eigenvalue weighted by Crippen LogP contribution is 2.32. The Morgan fingerprint density at radius 2 is 0.867 bits per heavy atom. The van der Waals surface area contributed by atoms with Crippen molar-refractivity contribution < 1.29 is 42.9 Å². The second-order valence-electron chi connectivity index (χ2n) is 6.02. The van der Waals surface area contributed by atoms with E-state index in [0.29, 0.717) is 0 Å². The zero-order chi connectivity index (χ0) is 22.4. The molecule has 0 atom stereocenters. The molecule has 0 spiro atoms. The van der Waals surface area contributed by atoms with E-state index in [1.54, 1.807) is 0 Å². The number of esters is 4. The number of carbonyl (C=O) groups excluding carboxylic acids is 5. The molecular formula is C21H18O9. The molecule has 0 bridgehead atoms. The molecule has 0 aliphatic carbocycles. The summed E-state index contributed by atoms with van der Waals surface area (Å²) < 4.78 is 20.1. The molecule has 0 saturated heterocycles. The van der Waals surface area contributed by atoms with Gasteiger partial charge in [0.15, 0.2) is 0 Å². The minimum Gasteiger partial charge on any atom is -0.427 e. The van der Waals surface area contributed by atoms with E-state index in [9.17, 15) is 24.0 Å². The molecule has 0 N–H and O–H groups in total. The smallest absolute Gasteiger partial charge is 0.308 e. The van der Waals surface area contributed by atoms with Crippen LogP contribution in [0, 0.1) is 0 Å². The van der Waals surface area contributed by atoms with E-state index in [0.717, 1.165) is 13.8 Å². The summed E-state index contributed by atoms with van der Waals surface area (Å²) in [6.45, 7) is 4.67. The second kappa shape index (κ2) is 9.46. The van der Waals surface area contributed by atoms with Gasteiger partial charge in [-0.3, -0.25) is 24.0 Å². The number of benzene rings is 2. The molecular weight excluding hydrogens is 396 g/mol. The number of hydrogen-bond acceptors (Lipinski definition) is 9. The van der Waals surface area contributed by atoms with Crippen molar-refractivity contribution in [3.8, 4) is 23.0 Å². The summed E-state index contributed by atoms with van der Waals surface area (Å²) in [7, 11) is 0. The fourth-order valence-corrected chi connectivity index (χ4v) is 2.46. The summed E-state index contributed by atoms with van der Waals surface area (Å²) in [6.07, 6.45) is 0. The Morgan fingerprint density at radius 1 is 0.533 bits per heavy atom. The molecule has 0 saturated carbocycles. The van der Waals surface area contributed by atoms with Gasteiger partial charge in [0.05, 0.1) is 11.1 Å². The first-order valence-corrected chi connectivity index (χ1v) is 8.63. The fraction of sp³-hybridized carbons (Fsp3) is 0.190. The lowest BCUT2D eigenvalue weighted by molar-refractivity contribution is -0.133. The molecule has 9 nitrogen and oxygen atoms in total. The zero-order valence-electron chi connectivity index (χ0n) is 16.6. The predicted molar refractivity (Wildman–Crippen MR) is 102 cm³/mol. The molecule has 0 unspecified atom stereocenters. The first-order valence-electron chi connectivity index (χ1n) is 8.63. The molecule has 0 amide bonds. The van der Waals surface area contributed by atoms with Crippen molar-refractivity contribution in [3.05, 3.63) is 47.5 Å². The lowest BCUT2D eigenvalue weighted by atomic mass is 10.0. The van der Waals surface area contributed by atoms with Crippen molar-refractivity contribution in [3.63, 3.8) is 0 Å². The maximum absolute atomic E-state index is 13.3. The van der Waals surface area contributed by atoms with Crippen LogP contribution >= 0.6 is 0 Å². The van der Waals surface area contributed by atoms with Crippen molar-refractivity contribution in [2.24, 2.45) is 0 Å². The summed E-state index contributed by atoms with van der Waals surface area (Å²) in [6, 6.07) is 7.68. The van der Waals surface area contributed by atoms with Crippen LogP contribution in [0.5, 0.6) is 23.0 Å². The van der Waals surface area contributed by atoms with Crippen molar-refractivity contribution in [2.75, 3.05) is 0 Å². The molecule has 2 aromatic rings. The third kappa shape index (κ3) is 5.99. The van der Waals surface area contributed by atoms with Crippen molar-refractivity contribution in [1.82, 2.24) is 0 Å². The number of ether oxygens (including phenoxy) is 4. The van der Waals surface area contributed by atoms with Gasteiger partial charge in [0, 0.05) is 27.7 Å². The molecule has 0 heterocycles. The van der Waals surface area contributed by atoms with Crippen molar-refractivity contribution in [1.29, 1.82) is 0 Å². The summed E-state index contributed by atoms with van der Waals surface area (Å²) in [5.74, 6) is -3.47. The molecule has 0 aromatic heterocycles. The van der Waals surface area contributed by atoms with Crippen molar-refractivity contribution in [2.45, 2.75) is 27.7 Å². The van der Waals surface area contributed by atoms with Crippen LogP contribution in [-0.2, 0) is 19.2 Å². The molecule has 9 heteroatoms. The molecule has 0 aliphatic heterocycles. The van der Waals surface area contributed by atoms with Gasteiger partial charge in [0.1, 0.15) is 23.0 Å². The summed E-state index contributed by atoms with van der Waals surface area (Å²) in [5, 5.41) is 0. The molecule has 0 radical (unpaired) electrons. The van der Waals surface area contributed by atoms with Gasteiger partial charge in [-0.2, -0.15) is 0 Å². The third-order valence-electron chi connectivity index (χ3n) is 3.42. The summed E-state index contributed by atoms with van der Waals surface area (Å²) in [5.41, 5.74) is -0.283. The highest BCUT2D eigenvalue weighted by Gasteiger charge is 2.23. The Labute approximate surface area is 171 Å². The molecule has 2 rings (SSSR count). The number of hydrogen-bond donors (Lipinski definition) is 0. The van der Waals surface area contributed by atoms with Crippen LogP contribution < -0.4 is 18.9 Å². The van der Waals surface area contributed by atoms with Gasteiger partial charge in [-0.05, 0) is 36.4 Å². The van der Waals surface area contributed by atoms with E-state index in [-0.39, 0.29) is 34.1 Å². The van der Waals surface area contributed by atoms with E-state index >= 15 is 0 Å². The minimum atomic E-state index is -0.731. The maximum Gasteiger partial charge on any atom is 0.308 e. The molecule has 0 fully saturated rings. The Hall–Kier alpha value is -4.01. The number of rotatable bonds is 6. The average Bonchev–Trinajstić information content (AvgIpc) is 2.62. The van der Waals surface area contributed by atoms with Crippen LogP contribution in [0.1, 0.15) is 43.6 Å². The Bertz CT molecular complexity index is 955. The third-order valence-corrected chi connectivity index (χ3v) is 3.42. The first-order chi connectivity index (χ1) is 14.1. The predicted octanol–water partition coefficient (Wildman–Crippen LogP) is 2.62. The van der Waals surface area contributed by atoms with Gasteiger partial charge < -0.3 is 18.9 Å². The average molecular weight is 414 g/mol. The van der Waals surface area contributed by atoms with E-state index in [4.69, 9.17) is 18.9 Å². The van der Waals surface area contributed by atoms with E-state index < -0.39 is 29.7 Å². The lowest BCUT2D eigenvalue weighted by Gasteiger charge is -2.13. The SMILES string of the molecule is CC(=O)Oc1ccc(OC(C)=O)c(C(=O)c2cc(OC(C)=O)ccc2OC(C)=O)c1. The van der Waals surface area contributed by atoms with Crippen LogP contribution in [0.3, 0.4) is 0 Å².